The van der Waals surface area contributed by atoms with E-state index >= 15 is 0 Å². The van der Waals surface area contributed by atoms with Crippen LogP contribution in [0.3, 0.4) is 0 Å². The van der Waals surface area contributed by atoms with Crippen molar-refractivity contribution in [2.75, 3.05) is 0 Å². The molecule has 0 saturated heterocycles. The Kier molecular flexibility index (Phi) is 7.57. The molecular formula is C52H32N6. The third-order valence-corrected chi connectivity index (χ3v) is 11.7. The van der Waals surface area contributed by atoms with E-state index in [1.54, 1.807) is 0 Å². The molecule has 2 heterocycles. The summed E-state index contributed by atoms with van der Waals surface area (Å²) >= 11 is 0. The Labute approximate surface area is 335 Å². The van der Waals surface area contributed by atoms with Crippen LogP contribution in [0.1, 0.15) is 50.6 Å². The van der Waals surface area contributed by atoms with Gasteiger partial charge in [-0.1, -0.05) is 176 Å². The molecule has 0 radical (unpaired) electrons. The van der Waals surface area contributed by atoms with E-state index in [0.717, 1.165) is 67.0 Å². The van der Waals surface area contributed by atoms with Gasteiger partial charge in [0.2, 0.25) is 0 Å². The third kappa shape index (κ3) is 4.80. The van der Waals surface area contributed by atoms with Gasteiger partial charge in [-0.25, -0.2) is 24.9 Å². The zero-order valence-corrected chi connectivity index (χ0v) is 31.2. The Balaban J connectivity index is 1.27. The molecule has 12 rings (SSSR count). The van der Waals surface area contributed by atoms with Crippen LogP contribution in [0.4, 0.5) is 0 Å². The van der Waals surface area contributed by atoms with E-state index in [1.165, 1.54) is 0 Å². The second kappa shape index (κ2) is 13.1. The van der Waals surface area contributed by atoms with Gasteiger partial charge < -0.3 is 0 Å². The topological polar surface area (TPSA) is 88.2 Å². The Morgan fingerprint density at radius 1 is 0.328 bits per heavy atom. The van der Waals surface area contributed by atoms with Crippen LogP contribution < -0.4 is 0 Å². The lowest BCUT2D eigenvalue weighted by Crippen LogP contribution is -2.53. The maximum Gasteiger partial charge on any atom is 0.163 e. The molecule has 0 N–H and O–H groups in total. The van der Waals surface area contributed by atoms with Crippen LogP contribution in [0.5, 0.6) is 0 Å². The fraction of sp³-hybridized carbons (Fsp3) is 0.0385. The van der Waals surface area contributed by atoms with Gasteiger partial charge in [0, 0.05) is 22.3 Å². The van der Waals surface area contributed by atoms with Gasteiger partial charge >= 0.3 is 0 Å². The highest BCUT2D eigenvalue weighted by Gasteiger charge is 2.62. The summed E-state index contributed by atoms with van der Waals surface area (Å²) in [5.74, 6) is 2.51. The SMILES string of the molecule is N#Cc1cccc(-c2cc(-c3ccccc3)nc(C34c5ccccc5C(c5nc(-c6ccccc6)nc(-c6ccccc6)n5)(c5ccccc53)c3ccccc34)n2)c1. The van der Waals surface area contributed by atoms with Crippen molar-refractivity contribution in [3.63, 3.8) is 0 Å². The Hall–Kier alpha value is -7.88. The first-order valence-corrected chi connectivity index (χ1v) is 19.3. The Bertz CT molecular complexity index is 2910. The first-order chi connectivity index (χ1) is 28.7. The molecule has 9 aromatic rings. The minimum absolute atomic E-state index is 0.570. The van der Waals surface area contributed by atoms with Gasteiger partial charge in [-0.05, 0) is 51.6 Å². The number of benzene rings is 7. The van der Waals surface area contributed by atoms with Gasteiger partial charge in [-0.2, -0.15) is 5.26 Å². The summed E-state index contributed by atoms with van der Waals surface area (Å²) in [4.78, 5) is 27.1. The van der Waals surface area contributed by atoms with Crippen LogP contribution in [0.2, 0.25) is 0 Å². The van der Waals surface area contributed by atoms with Crippen molar-refractivity contribution in [2.24, 2.45) is 0 Å². The number of nitriles is 1. The van der Waals surface area contributed by atoms with E-state index in [1.807, 2.05) is 84.9 Å². The predicted octanol–water partition coefficient (Wildman–Crippen LogP) is 10.6. The maximum atomic E-state index is 9.90. The summed E-state index contributed by atoms with van der Waals surface area (Å²) in [7, 11) is 0. The smallest absolute Gasteiger partial charge is 0.163 e. The highest BCUT2D eigenvalue weighted by Crippen LogP contribution is 2.65. The first-order valence-electron chi connectivity index (χ1n) is 19.3. The molecule has 3 aliphatic carbocycles. The minimum atomic E-state index is -0.921. The lowest BCUT2D eigenvalue weighted by Gasteiger charge is -2.55. The summed E-state index contributed by atoms with van der Waals surface area (Å²) in [5.41, 5.74) is 10.3. The second-order valence-corrected chi connectivity index (χ2v) is 14.7. The average Bonchev–Trinajstić information content (AvgIpc) is 3.32. The molecule has 0 spiro atoms. The van der Waals surface area contributed by atoms with E-state index in [9.17, 15) is 5.26 Å². The highest BCUT2D eigenvalue weighted by molar-refractivity contribution is 5.82. The van der Waals surface area contributed by atoms with Crippen molar-refractivity contribution in [2.45, 2.75) is 10.8 Å². The second-order valence-electron chi connectivity index (χ2n) is 14.7. The van der Waals surface area contributed by atoms with Crippen molar-refractivity contribution in [3.8, 4) is 51.4 Å². The molecule has 0 aliphatic heterocycles. The Morgan fingerprint density at radius 3 is 1.12 bits per heavy atom. The Morgan fingerprint density at radius 2 is 0.690 bits per heavy atom. The molecule has 2 aromatic heterocycles. The predicted molar refractivity (Wildman–Crippen MR) is 226 cm³/mol. The summed E-state index contributed by atoms with van der Waals surface area (Å²) in [6.45, 7) is 0. The van der Waals surface area contributed by atoms with Gasteiger partial charge in [0.05, 0.1) is 23.0 Å². The van der Waals surface area contributed by atoms with Crippen LogP contribution in [-0.4, -0.2) is 24.9 Å². The number of aromatic nitrogens is 5. The lowest BCUT2D eigenvalue weighted by atomic mass is 9.46. The molecule has 0 unspecified atom stereocenters. The van der Waals surface area contributed by atoms with Crippen LogP contribution >= 0.6 is 0 Å². The van der Waals surface area contributed by atoms with Gasteiger partial charge in [-0.15, -0.1) is 0 Å². The molecular weight excluding hydrogens is 709 g/mol. The van der Waals surface area contributed by atoms with Gasteiger partial charge in [0.15, 0.2) is 17.5 Å². The largest absolute Gasteiger partial charge is 0.231 e. The zero-order chi connectivity index (χ0) is 38.7. The monoisotopic (exact) mass is 740 g/mol. The molecule has 58 heavy (non-hydrogen) atoms. The van der Waals surface area contributed by atoms with E-state index in [4.69, 9.17) is 24.9 Å². The molecule has 2 bridgehead atoms. The standard InChI is InChI=1S/C52H32N6/c53-33-34-17-16-24-38(31-34)46-32-45(35-18-4-1-5-19-35)54-49(55-46)51-39-25-10-13-28-42(39)52(43-29-14-11-26-40(43)51,44-30-15-12-27-41(44)51)50-57-47(36-20-6-2-7-21-36)56-48(58-50)37-22-8-3-9-23-37/h1-32H. The summed E-state index contributed by atoms with van der Waals surface area (Å²) < 4.78 is 0. The van der Waals surface area contributed by atoms with Crippen LogP contribution in [-0.2, 0) is 10.8 Å². The van der Waals surface area contributed by atoms with Crippen LogP contribution in [0.15, 0.2) is 194 Å². The van der Waals surface area contributed by atoms with E-state index in [2.05, 4.69) is 115 Å². The molecule has 0 atom stereocenters. The van der Waals surface area contributed by atoms with Crippen LogP contribution in [0, 0.1) is 11.3 Å². The lowest BCUT2D eigenvalue weighted by molar-refractivity contribution is 0.518. The average molecular weight is 741 g/mol. The molecule has 3 aliphatic rings. The molecule has 0 amide bonds. The fourth-order valence-corrected chi connectivity index (χ4v) is 9.25. The summed E-state index contributed by atoms with van der Waals surface area (Å²) in [6.07, 6.45) is 0. The van der Waals surface area contributed by atoms with Gasteiger partial charge in [-0.3, -0.25) is 0 Å². The molecule has 270 valence electrons. The van der Waals surface area contributed by atoms with Crippen molar-refractivity contribution < 1.29 is 0 Å². The summed E-state index contributed by atoms with van der Waals surface area (Å²) in [6, 6.07) is 68.5. The van der Waals surface area contributed by atoms with Crippen LogP contribution in [0.25, 0.3) is 45.3 Å². The summed E-state index contributed by atoms with van der Waals surface area (Å²) in [5, 5.41) is 9.90. The van der Waals surface area contributed by atoms with Crippen molar-refractivity contribution in [3.05, 3.63) is 245 Å². The molecule has 0 saturated carbocycles. The molecule has 0 fully saturated rings. The minimum Gasteiger partial charge on any atom is -0.231 e. The molecule has 6 heteroatoms. The van der Waals surface area contributed by atoms with Gasteiger partial charge in [0.1, 0.15) is 16.7 Å². The molecule has 6 nitrogen and oxygen atoms in total. The maximum absolute atomic E-state index is 9.90. The highest BCUT2D eigenvalue weighted by atomic mass is 15.1. The third-order valence-electron chi connectivity index (χ3n) is 11.7. The number of nitrogens with zero attached hydrogens (tertiary/aromatic N) is 6. The van der Waals surface area contributed by atoms with E-state index in [0.29, 0.717) is 28.9 Å². The number of rotatable bonds is 6. The van der Waals surface area contributed by atoms with Crippen molar-refractivity contribution >= 4 is 0 Å². The number of hydrogen-bond acceptors (Lipinski definition) is 6. The van der Waals surface area contributed by atoms with Crippen molar-refractivity contribution in [1.29, 1.82) is 5.26 Å². The quantitative estimate of drug-likeness (QED) is 0.169. The first kappa shape index (κ1) is 33.5. The fourth-order valence-electron chi connectivity index (χ4n) is 9.25. The van der Waals surface area contributed by atoms with Crippen molar-refractivity contribution in [1.82, 2.24) is 24.9 Å². The molecule has 7 aromatic carbocycles. The van der Waals surface area contributed by atoms with Gasteiger partial charge in [0.25, 0.3) is 0 Å². The normalized spacial score (nSPS) is 17.1. The zero-order valence-electron chi connectivity index (χ0n) is 31.2. The number of hydrogen-bond donors (Lipinski definition) is 0. The van der Waals surface area contributed by atoms with E-state index in [-0.39, 0.29) is 0 Å². The van der Waals surface area contributed by atoms with E-state index < -0.39 is 10.8 Å².